The molecule has 0 aliphatic rings. The third-order valence-electron chi connectivity index (χ3n) is 3.40. The molecule has 0 spiro atoms. The molecule has 0 radical (unpaired) electrons. The number of hydrogen-bond donors (Lipinski definition) is 1. The summed E-state index contributed by atoms with van der Waals surface area (Å²) in [5.41, 5.74) is 3.23. The van der Waals surface area contributed by atoms with E-state index in [0.29, 0.717) is 5.56 Å². The van der Waals surface area contributed by atoms with E-state index in [0.717, 1.165) is 21.4 Å². The van der Waals surface area contributed by atoms with Gasteiger partial charge in [0.15, 0.2) is 0 Å². The van der Waals surface area contributed by atoms with Crippen LogP contribution in [0.5, 0.6) is 0 Å². The quantitative estimate of drug-likeness (QED) is 0.671. The lowest BCUT2D eigenvalue weighted by Gasteiger charge is -2.07. The van der Waals surface area contributed by atoms with Crippen LogP contribution in [0.25, 0.3) is 12.2 Å². The Labute approximate surface area is 149 Å². The molecule has 0 unspecified atom stereocenters. The zero-order chi connectivity index (χ0) is 16.8. The van der Waals surface area contributed by atoms with Crippen molar-refractivity contribution in [3.05, 3.63) is 94.2 Å². The molecule has 0 aliphatic carbocycles. The first kappa shape index (κ1) is 16.1. The monoisotopic (exact) mass is 378 g/mol. The van der Waals surface area contributed by atoms with Gasteiger partial charge < -0.3 is 5.32 Å². The Hall–Kier alpha value is -2.72. The second-order valence-corrected chi connectivity index (χ2v) is 6.00. The van der Waals surface area contributed by atoms with Gasteiger partial charge in [-0.2, -0.15) is 0 Å². The molecule has 3 rings (SSSR count). The van der Waals surface area contributed by atoms with Crippen LogP contribution < -0.4 is 5.32 Å². The lowest BCUT2D eigenvalue weighted by atomic mass is 10.1. The maximum absolute atomic E-state index is 12.4. The molecule has 0 saturated heterocycles. The SMILES string of the molecule is O=C(Nc1cccc(/C=C/c2ccccn2)c1)c1ccccc1Br. The van der Waals surface area contributed by atoms with Crippen molar-refractivity contribution in [3.8, 4) is 0 Å². The van der Waals surface area contributed by atoms with E-state index < -0.39 is 0 Å². The van der Waals surface area contributed by atoms with Crippen molar-refractivity contribution in [1.82, 2.24) is 4.98 Å². The number of amides is 1. The standard InChI is InChI=1S/C20H15BrN2O/c21-19-10-2-1-9-18(19)20(24)23-17-8-5-6-15(14-17)11-12-16-7-3-4-13-22-16/h1-14H,(H,23,24)/b12-11+. The Morgan fingerprint density at radius 2 is 1.79 bits per heavy atom. The molecule has 1 heterocycles. The highest BCUT2D eigenvalue weighted by Crippen LogP contribution is 2.19. The smallest absolute Gasteiger partial charge is 0.256 e. The first-order chi connectivity index (χ1) is 11.7. The van der Waals surface area contributed by atoms with Gasteiger partial charge in [0.2, 0.25) is 0 Å². The fraction of sp³-hybridized carbons (Fsp3) is 0. The number of benzene rings is 2. The zero-order valence-electron chi connectivity index (χ0n) is 12.8. The molecule has 0 atom stereocenters. The summed E-state index contributed by atoms with van der Waals surface area (Å²) in [5.74, 6) is -0.145. The molecule has 0 fully saturated rings. The van der Waals surface area contributed by atoms with Crippen LogP contribution in [-0.2, 0) is 0 Å². The minimum Gasteiger partial charge on any atom is -0.322 e. The number of pyridine rings is 1. The van der Waals surface area contributed by atoms with Crippen LogP contribution in [0.15, 0.2) is 77.4 Å². The zero-order valence-corrected chi connectivity index (χ0v) is 14.4. The van der Waals surface area contributed by atoms with E-state index in [1.165, 1.54) is 0 Å². The van der Waals surface area contributed by atoms with Gasteiger partial charge in [-0.1, -0.05) is 36.4 Å². The maximum Gasteiger partial charge on any atom is 0.256 e. The Morgan fingerprint density at radius 3 is 2.58 bits per heavy atom. The van der Waals surface area contributed by atoms with Gasteiger partial charge in [0.05, 0.1) is 11.3 Å². The topological polar surface area (TPSA) is 42.0 Å². The Bertz CT molecular complexity index is 876. The van der Waals surface area contributed by atoms with Crippen LogP contribution in [0.2, 0.25) is 0 Å². The molecular weight excluding hydrogens is 364 g/mol. The van der Waals surface area contributed by atoms with E-state index >= 15 is 0 Å². The van der Waals surface area contributed by atoms with Crippen molar-refractivity contribution in [2.24, 2.45) is 0 Å². The second-order valence-electron chi connectivity index (χ2n) is 5.15. The highest BCUT2D eigenvalue weighted by Gasteiger charge is 2.09. The molecule has 1 aromatic heterocycles. The molecule has 2 aromatic carbocycles. The van der Waals surface area contributed by atoms with E-state index in [9.17, 15) is 4.79 Å². The predicted molar refractivity (Wildman–Crippen MR) is 102 cm³/mol. The van der Waals surface area contributed by atoms with Crippen LogP contribution in [0.3, 0.4) is 0 Å². The summed E-state index contributed by atoms with van der Waals surface area (Å²) in [6.07, 6.45) is 5.67. The Kier molecular flexibility index (Phi) is 5.18. The lowest BCUT2D eigenvalue weighted by Crippen LogP contribution is -2.12. The summed E-state index contributed by atoms with van der Waals surface area (Å²) in [6.45, 7) is 0. The molecule has 24 heavy (non-hydrogen) atoms. The van der Waals surface area contributed by atoms with Gasteiger partial charge in [-0.15, -0.1) is 0 Å². The molecule has 3 aromatic rings. The summed E-state index contributed by atoms with van der Waals surface area (Å²) in [5, 5.41) is 2.92. The van der Waals surface area contributed by atoms with Crippen molar-refractivity contribution >= 4 is 39.7 Å². The van der Waals surface area contributed by atoms with E-state index in [4.69, 9.17) is 0 Å². The van der Waals surface area contributed by atoms with Gasteiger partial charge in [0.1, 0.15) is 0 Å². The lowest BCUT2D eigenvalue weighted by molar-refractivity contribution is 0.102. The number of rotatable bonds is 4. The number of aromatic nitrogens is 1. The number of carbonyl (C=O) groups excluding carboxylic acids is 1. The molecule has 4 heteroatoms. The van der Waals surface area contributed by atoms with E-state index in [2.05, 4.69) is 26.2 Å². The summed E-state index contributed by atoms with van der Waals surface area (Å²) in [7, 11) is 0. The number of nitrogens with one attached hydrogen (secondary N) is 1. The van der Waals surface area contributed by atoms with E-state index in [-0.39, 0.29) is 5.91 Å². The summed E-state index contributed by atoms with van der Waals surface area (Å²) in [6, 6.07) is 20.8. The van der Waals surface area contributed by atoms with Crippen molar-refractivity contribution in [2.75, 3.05) is 5.32 Å². The van der Waals surface area contributed by atoms with Gasteiger partial charge >= 0.3 is 0 Å². The first-order valence-electron chi connectivity index (χ1n) is 7.47. The minimum atomic E-state index is -0.145. The molecule has 118 valence electrons. The van der Waals surface area contributed by atoms with Crippen LogP contribution in [0, 0.1) is 0 Å². The minimum absolute atomic E-state index is 0.145. The average Bonchev–Trinajstić information content (AvgIpc) is 2.61. The maximum atomic E-state index is 12.4. The largest absolute Gasteiger partial charge is 0.322 e. The number of nitrogens with zero attached hydrogens (tertiary/aromatic N) is 1. The van der Waals surface area contributed by atoms with E-state index in [1.54, 1.807) is 12.3 Å². The molecule has 1 N–H and O–H groups in total. The Morgan fingerprint density at radius 1 is 0.958 bits per heavy atom. The number of halogens is 1. The molecule has 0 aliphatic heterocycles. The highest BCUT2D eigenvalue weighted by molar-refractivity contribution is 9.10. The summed E-state index contributed by atoms with van der Waals surface area (Å²) in [4.78, 5) is 16.6. The summed E-state index contributed by atoms with van der Waals surface area (Å²) >= 11 is 3.40. The average molecular weight is 379 g/mol. The van der Waals surface area contributed by atoms with E-state index in [1.807, 2.05) is 72.8 Å². The summed E-state index contributed by atoms with van der Waals surface area (Å²) < 4.78 is 0.772. The van der Waals surface area contributed by atoms with Crippen molar-refractivity contribution in [3.63, 3.8) is 0 Å². The molecule has 1 amide bonds. The molecular formula is C20H15BrN2O. The van der Waals surface area contributed by atoms with Crippen molar-refractivity contribution in [2.45, 2.75) is 0 Å². The third kappa shape index (κ3) is 4.18. The third-order valence-corrected chi connectivity index (χ3v) is 4.09. The van der Waals surface area contributed by atoms with Crippen molar-refractivity contribution in [1.29, 1.82) is 0 Å². The van der Waals surface area contributed by atoms with Gasteiger partial charge in [0, 0.05) is 16.4 Å². The van der Waals surface area contributed by atoms with Crippen LogP contribution in [0.4, 0.5) is 5.69 Å². The number of anilines is 1. The highest BCUT2D eigenvalue weighted by atomic mass is 79.9. The van der Waals surface area contributed by atoms with Crippen molar-refractivity contribution < 1.29 is 4.79 Å². The fourth-order valence-electron chi connectivity index (χ4n) is 2.22. The van der Waals surface area contributed by atoms with Gasteiger partial charge in [-0.3, -0.25) is 9.78 Å². The second kappa shape index (κ2) is 7.70. The van der Waals surface area contributed by atoms with Gasteiger partial charge in [-0.25, -0.2) is 0 Å². The van der Waals surface area contributed by atoms with Crippen LogP contribution in [0.1, 0.15) is 21.6 Å². The Balaban J connectivity index is 1.75. The van der Waals surface area contributed by atoms with Crippen LogP contribution in [-0.4, -0.2) is 10.9 Å². The fourth-order valence-corrected chi connectivity index (χ4v) is 2.68. The van der Waals surface area contributed by atoms with Crippen LogP contribution >= 0.6 is 15.9 Å². The normalized spacial score (nSPS) is 10.7. The predicted octanol–water partition coefficient (Wildman–Crippen LogP) is 5.27. The number of hydrogen-bond acceptors (Lipinski definition) is 2. The number of carbonyl (C=O) groups is 1. The van der Waals surface area contributed by atoms with Gasteiger partial charge in [-0.05, 0) is 64.0 Å². The molecule has 0 saturated carbocycles. The molecule has 0 bridgehead atoms. The van der Waals surface area contributed by atoms with Gasteiger partial charge in [0.25, 0.3) is 5.91 Å². The first-order valence-corrected chi connectivity index (χ1v) is 8.27. The molecule has 3 nitrogen and oxygen atoms in total.